The van der Waals surface area contributed by atoms with Crippen LogP contribution in [0.2, 0.25) is 0 Å². The van der Waals surface area contributed by atoms with Crippen molar-refractivity contribution >= 4 is 5.91 Å². The minimum atomic E-state index is -0.0436. The summed E-state index contributed by atoms with van der Waals surface area (Å²) >= 11 is 0. The molecule has 0 saturated carbocycles. The lowest BCUT2D eigenvalue weighted by Gasteiger charge is -2.28. The first-order valence-electron chi connectivity index (χ1n) is 7.39. The molecule has 0 radical (unpaired) electrons. The lowest BCUT2D eigenvalue weighted by atomic mass is 9.93. The number of hydrogen-bond acceptors (Lipinski definition) is 3. The normalized spacial score (nSPS) is 11.8. The van der Waals surface area contributed by atoms with Crippen molar-refractivity contribution in [2.24, 2.45) is 5.41 Å². The number of nitrogens with one attached hydrogen (secondary N) is 1. The number of rotatable bonds is 7. The lowest BCUT2D eigenvalue weighted by molar-refractivity contribution is 0.0929. The van der Waals surface area contributed by atoms with Crippen LogP contribution in [0.3, 0.4) is 0 Å². The van der Waals surface area contributed by atoms with Crippen LogP contribution in [0.5, 0.6) is 5.75 Å². The van der Waals surface area contributed by atoms with Gasteiger partial charge in [-0.15, -0.1) is 0 Å². The maximum Gasteiger partial charge on any atom is 0.251 e. The number of ether oxygens (including phenoxy) is 1. The van der Waals surface area contributed by atoms with Gasteiger partial charge in [0.05, 0.1) is 6.10 Å². The highest BCUT2D eigenvalue weighted by atomic mass is 16.5. The van der Waals surface area contributed by atoms with E-state index in [2.05, 4.69) is 24.1 Å². The Morgan fingerprint density at radius 1 is 1.24 bits per heavy atom. The average Bonchev–Trinajstić information content (AvgIpc) is 2.34. The van der Waals surface area contributed by atoms with Gasteiger partial charge >= 0.3 is 0 Å². The van der Waals surface area contributed by atoms with Crippen molar-refractivity contribution in [3.05, 3.63) is 29.8 Å². The Labute approximate surface area is 128 Å². The molecule has 0 heterocycles. The number of nitrogens with zero attached hydrogens (tertiary/aromatic N) is 1. The molecule has 0 saturated heterocycles. The number of amides is 1. The van der Waals surface area contributed by atoms with Crippen molar-refractivity contribution in [1.82, 2.24) is 10.2 Å². The summed E-state index contributed by atoms with van der Waals surface area (Å²) in [6, 6.07) is 7.26. The second-order valence-corrected chi connectivity index (χ2v) is 6.78. The highest BCUT2D eigenvalue weighted by Crippen LogP contribution is 2.16. The molecule has 0 aromatic heterocycles. The van der Waals surface area contributed by atoms with E-state index in [4.69, 9.17) is 4.74 Å². The SMILES string of the molecule is CC(C)Oc1ccc(C(=O)NCC(C)(C)CN(C)C)cc1. The van der Waals surface area contributed by atoms with Gasteiger partial charge in [-0.1, -0.05) is 13.8 Å². The summed E-state index contributed by atoms with van der Waals surface area (Å²) < 4.78 is 5.57. The Morgan fingerprint density at radius 2 is 1.81 bits per heavy atom. The first-order valence-corrected chi connectivity index (χ1v) is 7.39. The van der Waals surface area contributed by atoms with Gasteiger partial charge in [0.2, 0.25) is 0 Å². The number of hydrogen-bond donors (Lipinski definition) is 1. The van der Waals surface area contributed by atoms with E-state index in [-0.39, 0.29) is 17.4 Å². The number of benzene rings is 1. The molecule has 4 heteroatoms. The van der Waals surface area contributed by atoms with Crippen molar-refractivity contribution in [1.29, 1.82) is 0 Å². The Kier molecular flexibility index (Phi) is 6.21. The van der Waals surface area contributed by atoms with Crippen LogP contribution >= 0.6 is 0 Å². The number of carbonyl (C=O) groups excluding carboxylic acids is 1. The zero-order valence-electron chi connectivity index (χ0n) is 14.1. The Bertz CT molecular complexity index is 450. The van der Waals surface area contributed by atoms with Gasteiger partial charge in [-0.05, 0) is 57.6 Å². The highest BCUT2D eigenvalue weighted by molar-refractivity contribution is 5.94. The Balaban J connectivity index is 2.56. The first kappa shape index (κ1) is 17.5. The first-order chi connectivity index (χ1) is 9.69. The van der Waals surface area contributed by atoms with Crippen LogP contribution in [-0.4, -0.2) is 44.1 Å². The summed E-state index contributed by atoms with van der Waals surface area (Å²) in [4.78, 5) is 14.3. The van der Waals surface area contributed by atoms with Crippen LogP contribution in [0, 0.1) is 5.41 Å². The molecule has 0 fully saturated rings. The molecule has 0 bridgehead atoms. The minimum absolute atomic E-state index is 0.0415. The van der Waals surface area contributed by atoms with Crippen LogP contribution in [0.1, 0.15) is 38.1 Å². The second-order valence-electron chi connectivity index (χ2n) is 6.78. The van der Waals surface area contributed by atoms with Crippen LogP contribution in [0.4, 0.5) is 0 Å². The zero-order chi connectivity index (χ0) is 16.0. The van der Waals surface area contributed by atoms with Gasteiger partial charge in [0, 0.05) is 18.7 Å². The molecule has 0 unspecified atom stereocenters. The molecule has 1 aromatic rings. The molecule has 0 aliphatic heterocycles. The second kappa shape index (κ2) is 7.46. The molecular weight excluding hydrogens is 264 g/mol. The summed E-state index contributed by atoms with van der Waals surface area (Å²) in [5.74, 6) is 0.743. The van der Waals surface area contributed by atoms with Crippen LogP contribution in [0.15, 0.2) is 24.3 Å². The summed E-state index contributed by atoms with van der Waals surface area (Å²) in [5, 5.41) is 3.00. The minimum Gasteiger partial charge on any atom is -0.491 e. The van der Waals surface area contributed by atoms with E-state index in [1.54, 1.807) is 12.1 Å². The van der Waals surface area contributed by atoms with Crippen molar-refractivity contribution in [2.75, 3.05) is 27.2 Å². The summed E-state index contributed by atoms with van der Waals surface area (Å²) in [5.41, 5.74) is 0.701. The van der Waals surface area contributed by atoms with Gasteiger partial charge in [-0.25, -0.2) is 0 Å². The van der Waals surface area contributed by atoms with Gasteiger partial charge in [0.25, 0.3) is 5.91 Å². The Morgan fingerprint density at radius 3 is 2.29 bits per heavy atom. The third-order valence-corrected chi connectivity index (χ3v) is 2.96. The topological polar surface area (TPSA) is 41.6 Å². The summed E-state index contributed by atoms with van der Waals surface area (Å²) in [7, 11) is 4.08. The third kappa shape index (κ3) is 6.63. The molecule has 1 N–H and O–H groups in total. The van der Waals surface area contributed by atoms with Crippen molar-refractivity contribution < 1.29 is 9.53 Å². The maximum absolute atomic E-state index is 12.1. The van der Waals surface area contributed by atoms with Crippen molar-refractivity contribution in [2.45, 2.75) is 33.8 Å². The van der Waals surface area contributed by atoms with Crippen LogP contribution in [-0.2, 0) is 0 Å². The van der Waals surface area contributed by atoms with E-state index in [1.807, 2.05) is 40.1 Å². The van der Waals surface area contributed by atoms with E-state index < -0.39 is 0 Å². The van der Waals surface area contributed by atoms with Gasteiger partial charge in [0.1, 0.15) is 5.75 Å². The van der Waals surface area contributed by atoms with E-state index in [0.717, 1.165) is 12.3 Å². The summed E-state index contributed by atoms with van der Waals surface area (Å²) in [6.45, 7) is 9.82. The molecule has 21 heavy (non-hydrogen) atoms. The quantitative estimate of drug-likeness (QED) is 0.840. The van der Waals surface area contributed by atoms with Gasteiger partial charge in [-0.2, -0.15) is 0 Å². The molecule has 1 aromatic carbocycles. The molecule has 1 amide bonds. The monoisotopic (exact) mass is 292 g/mol. The standard InChI is InChI=1S/C17H28N2O2/c1-13(2)21-15-9-7-14(8-10-15)16(20)18-11-17(3,4)12-19(5)6/h7-10,13H,11-12H2,1-6H3,(H,18,20). The van der Waals surface area contributed by atoms with E-state index in [9.17, 15) is 4.79 Å². The highest BCUT2D eigenvalue weighted by Gasteiger charge is 2.20. The molecule has 0 spiro atoms. The van der Waals surface area contributed by atoms with Gasteiger partial charge in [0.15, 0.2) is 0 Å². The van der Waals surface area contributed by atoms with E-state index >= 15 is 0 Å². The molecular formula is C17H28N2O2. The molecule has 0 aliphatic carbocycles. The fraction of sp³-hybridized carbons (Fsp3) is 0.588. The van der Waals surface area contributed by atoms with Gasteiger partial charge < -0.3 is 15.0 Å². The molecule has 1 rings (SSSR count). The Hall–Kier alpha value is -1.55. The molecule has 118 valence electrons. The molecule has 0 aliphatic rings. The van der Waals surface area contributed by atoms with E-state index in [1.165, 1.54) is 0 Å². The van der Waals surface area contributed by atoms with Crippen LogP contribution in [0.25, 0.3) is 0 Å². The third-order valence-electron chi connectivity index (χ3n) is 2.96. The smallest absolute Gasteiger partial charge is 0.251 e. The van der Waals surface area contributed by atoms with Gasteiger partial charge in [-0.3, -0.25) is 4.79 Å². The summed E-state index contributed by atoms with van der Waals surface area (Å²) in [6.07, 6.45) is 0.136. The maximum atomic E-state index is 12.1. The number of carbonyl (C=O) groups is 1. The predicted molar refractivity (Wildman–Crippen MR) is 86.9 cm³/mol. The van der Waals surface area contributed by atoms with Crippen molar-refractivity contribution in [3.8, 4) is 5.75 Å². The average molecular weight is 292 g/mol. The molecule has 0 atom stereocenters. The fourth-order valence-electron chi connectivity index (χ4n) is 2.29. The van der Waals surface area contributed by atoms with Crippen molar-refractivity contribution in [3.63, 3.8) is 0 Å². The predicted octanol–water partition coefficient (Wildman–Crippen LogP) is 2.79. The largest absolute Gasteiger partial charge is 0.491 e. The van der Waals surface area contributed by atoms with E-state index in [0.29, 0.717) is 12.1 Å². The zero-order valence-corrected chi connectivity index (χ0v) is 14.1. The lowest BCUT2D eigenvalue weighted by Crippen LogP contribution is -2.39. The fourth-order valence-corrected chi connectivity index (χ4v) is 2.29. The van der Waals surface area contributed by atoms with Crippen LogP contribution < -0.4 is 10.1 Å². The molecule has 4 nitrogen and oxygen atoms in total.